The number of thiophene rings is 1. The fourth-order valence-electron chi connectivity index (χ4n) is 2.09. The lowest BCUT2D eigenvalue weighted by molar-refractivity contribution is -0.121. The van der Waals surface area contributed by atoms with Crippen LogP contribution in [0.4, 0.5) is 11.8 Å². The Morgan fingerprint density at radius 3 is 3.05 bits per heavy atom. The van der Waals surface area contributed by atoms with Crippen molar-refractivity contribution < 1.29 is 4.79 Å². The zero-order valence-corrected chi connectivity index (χ0v) is 12.8. The highest BCUT2D eigenvalue weighted by Crippen LogP contribution is 2.26. The third kappa shape index (κ3) is 3.60. The van der Waals surface area contributed by atoms with E-state index in [-0.39, 0.29) is 5.91 Å². The lowest BCUT2D eigenvalue weighted by Gasteiger charge is -2.08. The van der Waals surface area contributed by atoms with Crippen LogP contribution in [-0.4, -0.2) is 35.5 Å². The van der Waals surface area contributed by atoms with Crippen molar-refractivity contribution in [2.45, 2.75) is 31.7 Å². The predicted octanol–water partition coefficient (Wildman–Crippen LogP) is 2.20. The van der Waals surface area contributed by atoms with Gasteiger partial charge in [0.1, 0.15) is 10.6 Å². The van der Waals surface area contributed by atoms with E-state index in [1.54, 1.807) is 18.4 Å². The Hall–Kier alpha value is -1.89. The highest BCUT2D eigenvalue weighted by molar-refractivity contribution is 7.16. The van der Waals surface area contributed by atoms with Crippen LogP contribution in [0.15, 0.2) is 11.4 Å². The summed E-state index contributed by atoms with van der Waals surface area (Å²) < 4.78 is 0. The Balaban J connectivity index is 1.54. The largest absolute Gasteiger partial charge is 0.369 e. The van der Waals surface area contributed by atoms with E-state index in [1.807, 2.05) is 11.4 Å². The number of amides is 1. The van der Waals surface area contributed by atoms with Gasteiger partial charge in [-0.05, 0) is 30.7 Å². The number of hydrogen-bond donors (Lipinski definition) is 3. The van der Waals surface area contributed by atoms with Crippen molar-refractivity contribution in [3.63, 3.8) is 0 Å². The molecule has 7 heteroatoms. The summed E-state index contributed by atoms with van der Waals surface area (Å²) in [6.07, 6.45) is 3.62. The molecular weight excluding hydrogens is 286 g/mol. The molecule has 0 bridgehead atoms. The second kappa shape index (κ2) is 6.26. The van der Waals surface area contributed by atoms with Gasteiger partial charge in [0, 0.05) is 26.1 Å². The number of rotatable bonds is 7. The van der Waals surface area contributed by atoms with E-state index in [0.29, 0.717) is 18.4 Å². The number of hydrogen-bond acceptors (Lipinski definition) is 6. The van der Waals surface area contributed by atoms with E-state index in [0.717, 1.165) is 41.8 Å². The van der Waals surface area contributed by atoms with Gasteiger partial charge in [-0.25, -0.2) is 4.98 Å². The van der Waals surface area contributed by atoms with Crippen LogP contribution < -0.4 is 16.0 Å². The summed E-state index contributed by atoms with van der Waals surface area (Å²) in [5.74, 6) is 1.59. The molecule has 2 aromatic heterocycles. The van der Waals surface area contributed by atoms with Crippen molar-refractivity contribution in [2.24, 2.45) is 0 Å². The Morgan fingerprint density at radius 1 is 1.43 bits per heavy atom. The Labute approximate surface area is 127 Å². The van der Waals surface area contributed by atoms with Gasteiger partial charge in [0.05, 0.1) is 5.39 Å². The van der Waals surface area contributed by atoms with Crippen molar-refractivity contribution in [2.75, 3.05) is 24.2 Å². The third-order valence-corrected chi connectivity index (χ3v) is 4.17. The molecule has 0 saturated heterocycles. The van der Waals surface area contributed by atoms with Crippen LogP contribution in [0, 0.1) is 0 Å². The second-order valence-electron chi connectivity index (χ2n) is 5.16. The first kappa shape index (κ1) is 14.1. The highest BCUT2D eigenvalue weighted by atomic mass is 32.1. The molecule has 1 aliphatic rings. The van der Waals surface area contributed by atoms with Crippen molar-refractivity contribution in [3.05, 3.63) is 11.4 Å². The average molecular weight is 305 g/mol. The van der Waals surface area contributed by atoms with Gasteiger partial charge in [0.2, 0.25) is 11.9 Å². The van der Waals surface area contributed by atoms with E-state index < -0.39 is 0 Å². The molecule has 1 amide bonds. The number of carbonyl (C=O) groups is 1. The first-order valence-corrected chi connectivity index (χ1v) is 8.10. The van der Waals surface area contributed by atoms with Crippen molar-refractivity contribution in [1.29, 1.82) is 0 Å². The summed E-state index contributed by atoms with van der Waals surface area (Å²) in [7, 11) is 1.81. The number of aromatic nitrogens is 2. The molecule has 0 aliphatic heterocycles. The van der Waals surface area contributed by atoms with Gasteiger partial charge < -0.3 is 16.0 Å². The molecule has 1 fully saturated rings. The molecule has 112 valence electrons. The lowest BCUT2D eigenvalue weighted by Crippen LogP contribution is -2.25. The number of fused-ring (bicyclic) bond motifs is 1. The van der Waals surface area contributed by atoms with Crippen LogP contribution in [0.2, 0.25) is 0 Å². The topological polar surface area (TPSA) is 78.9 Å². The minimum Gasteiger partial charge on any atom is -0.369 e. The number of nitrogens with zero attached hydrogens (tertiary/aromatic N) is 2. The van der Waals surface area contributed by atoms with Crippen molar-refractivity contribution in [1.82, 2.24) is 15.3 Å². The zero-order chi connectivity index (χ0) is 14.7. The second-order valence-corrected chi connectivity index (χ2v) is 6.05. The zero-order valence-electron chi connectivity index (χ0n) is 12.0. The normalized spacial score (nSPS) is 14.1. The van der Waals surface area contributed by atoms with Crippen LogP contribution >= 0.6 is 11.3 Å². The molecule has 0 spiro atoms. The first-order chi connectivity index (χ1) is 10.3. The molecule has 3 rings (SSSR count). The maximum absolute atomic E-state index is 11.6. The van der Waals surface area contributed by atoms with E-state index in [2.05, 4.69) is 25.9 Å². The number of nitrogens with one attached hydrogen (secondary N) is 3. The number of anilines is 2. The Bertz CT molecular complexity index is 637. The van der Waals surface area contributed by atoms with Gasteiger partial charge in [-0.2, -0.15) is 4.98 Å². The molecule has 0 aromatic carbocycles. The van der Waals surface area contributed by atoms with Gasteiger partial charge in [-0.3, -0.25) is 4.79 Å². The summed E-state index contributed by atoms with van der Waals surface area (Å²) >= 11 is 1.59. The van der Waals surface area contributed by atoms with Crippen LogP contribution in [0.1, 0.15) is 25.7 Å². The molecule has 1 saturated carbocycles. The third-order valence-electron chi connectivity index (χ3n) is 3.36. The van der Waals surface area contributed by atoms with Crippen LogP contribution in [0.25, 0.3) is 10.2 Å². The molecule has 0 atom stereocenters. The predicted molar refractivity (Wildman–Crippen MR) is 85.9 cm³/mol. The fourth-order valence-corrected chi connectivity index (χ4v) is 2.85. The maximum Gasteiger partial charge on any atom is 0.225 e. The lowest BCUT2D eigenvalue weighted by atomic mass is 10.3. The van der Waals surface area contributed by atoms with Crippen LogP contribution in [0.3, 0.4) is 0 Å². The Morgan fingerprint density at radius 2 is 2.29 bits per heavy atom. The van der Waals surface area contributed by atoms with Crippen LogP contribution in [-0.2, 0) is 4.79 Å². The summed E-state index contributed by atoms with van der Waals surface area (Å²) in [4.78, 5) is 21.4. The maximum atomic E-state index is 11.6. The summed E-state index contributed by atoms with van der Waals surface area (Å²) in [5, 5.41) is 12.3. The molecule has 0 unspecified atom stereocenters. The first-order valence-electron chi connectivity index (χ1n) is 7.22. The summed E-state index contributed by atoms with van der Waals surface area (Å²) in [5.41, 5.74) is 0. The molecule has 21 heavy (non-hydrogen) atoms. The average Bonchev–Trinajstić information content (AvgIpc) is 3.16. The quantitative estimate of drug-likeness (QED) is 0.684. The van der Waals surface area contributed by atoms with Gasteiger partial charge in [0.25, 0.3) is 0 Å². The smallest absolute Gasteiger partial charge is 0.225 e. The van der Waals surface area contributed by atoms with Gasteiger partial charge >= 0.3 is 0 Å². The molecule has 0 radical (unpaired) electrons. The van der Waals surface area contributed by atoms with Crippen LogP contribution in [0.5, 0.6) is 0 Å². The van der Waals surface area contributed by atoms with E-state index in [1.165, 1.54) is 0 Å². The Kier molecular flexibility index (Phi) is 4.19. The standard InChI is InChI=1S/C14H19N5OS/c1-15-14-18-12(10-6-8-21-13(10)19-14)16-7-2-3-11(20)17-9-4-5-9/h6,8-9H,2-5,7H2,1H3,(H,17,20)(H2,15,16,18,19). The van der Waals surface area contributed by atoms with Gasteiger partial charge in [-0.15, -0.1) is 11.3 Å². The monoisotopic (exact) mass is 305 g/mol. The van der Waals surface area contributed by atoms with E-state index in [4.69, 9.17) is 0 Å². The molecule has 3 N–H and O–H groups in total. The minimum absolute atomic E-state index is 0.151. The van der Waals surface area contributed by atoms with E-state index in [9.17, 15) is 4.79 Å². The van der Waals surface area contributed by atoms with Crippen molar-refractivity contribution >= 4 is 39.2 Å². The fraction of sp³-hybridized carbons (Fsp3) is 0.500. The molecule has 2 heterocycles. The highest BCUT2D eigenvalue weighted by Gasteiger charge is 2.22. The van der Waals surface area contributed by atoms with Gasteiger partial charge in [0.15, 0.2) is 0 Å². The minimum atomic E-state index is 0.151. The SMILES string of the molecule is CNc1nc(NCCCC(=O)NC2CC2)c2ccsc2n1. The van der Waals surface area contributed by atoms with Crippen molar-refractivity contribution in [3.8, 4) is 0 Å². The number of carbonyl (C=O) groups excluding carboxylic acids is 1. The summed E-state index contributed by atoms with van der Waals surface area (Å²) in [6, 6.07) is 2.46. The molecule has 2 aromatic rings. The molecule has 6 nitrogen and oxygen atoms in total. The van der Waals surface area contributed by atoms with Gasteiger partial charge in [-0.1, -0.05) is 0 Å². The summed E-state index contributed by atoms with van der Waals surface area (Å²) in [6.45, 7) is 0.725. The molecular formula is C14H19N5OS. The molecule has 1 aliphatic carbocycles. The van der Waals surface area contributed by atoms with E-state index >= 15 is 0 Å².